The number of rotatable bonds is 7. The zero-order valence-corrected chi connectivity index (χ0v) is 16.1. The summed E-state index contributed by atoms with van der Waals surface area (Å²) in [6.45, 7) is -0.629. The van der Waals surface area contributed by atoms with E-state index in [9.17, 15) is 19.2 Å². The molecule has 30 heavy (non-hydrogen) atoms. The Kier molecular flexibility index (Phi) is 6.53. The lowest BCUT2D eigenvalue weighted by Gasteiger charge is -2.16. The van der Waals surface area contributed by atoms with E-state index in [1.165, 1.54) is 7.11 Å². The number of methoxy groups -OCH3 is 1. The Balaban J connectivity index is 1.65. The van der Waals surface area contributed by atoms with Crippen molar-refractivity contribution in [2.45, 2.75) is 12.5 Å². The molecule has 1 amide bonds. The molecular formula is C21H19N3O6. The van der Waals surface area contributed by atoms with Crippen molar-refractivity contribution in [2.24, 2.45) is 0 Å². The van der Waals surface area contributed by atoms with Crippen LogP contribution in [0, 0.1) is 0 Å². The number of benzene rings is 2. The zero-order chi connectivity index (χ0) is 21.5. The summed E-state index contributed by atoms with van der Waals surface area (Å²) < 4.78 is 9.75. The van der Waals surface area contributed by atoms with E-state index in [1.807, 2.05) is 30.3 Å². The van der Waals surface area contributed by atoms with E-state index in [0.29, 0.717) is 5.39 Å². The summed E-state index contributed by atoms with van der Waals surface area (Å²) in [5.74, 6) is -2.18. The number of fused-ring (bicyclic) bond motifs is 1. The summed E-state index contributed by atoms with van der Waals surface area (Å²) in [4.78, 5) is 48.4. The van der Waals surface area contributed by atoms with Gasteiger partial charge >= 0.3 is 11.9 Å². The van der Waals surface area contributed by atoms with Crippen LogP contribution in [0.25, 0.3) is 10.8 Å². The molecule has 0 radical (unpaired) electrons. The first kappa shape index (κ1) is 20.7. The smallest absolute Gasteiger partial charge is 0.359 e. The number of H-pyrrole nitrogens is 1. The average Bonchev–Trinajstić information content (AvgIpc) is 2.77. The number of aromatic nitrogens is 2. The fourth-order valence-corrected chi connectivity index (χ4v) is 2.89. The molecule has 0 aliphatic carbocycles. The molecule has 0 fully saturated rings. The third-order valence-electron chi connectivity index (χ3n) is 4.33. The van der Waals surface area contributed by atoms with E-state index in [1.54, 1.807) is 24.3 Å². The van der Waals surface area contributed by atoms with Crippen LogP contribution in [0.5, 0.6) is 0 Å². The first-order valence-corrected chi connectivity index (χ1v) is 9.05. The second-order valence-electron chi connectivity index (χ2n) is 6.36. The predicted octanol–water partition coefficient (Wildman–Crippen LogP) is 0.980. The van der Waals surface area contributed by atoms with Crippen molar-refractivity contribution in [3.8, 4) is 0 Å². The molecule has 2 aromatic carbocycles. The number of hydrogen-bond donors (Lipinski definition) is 2. The molecule has 9 nitrogen and oxygen atoms in total. The van der Waals surface area contributed by atoms with Gasteiger partial charge in [0.05, 0.1) is 12.5 Å². The van der Waals surface area contributed by atoms with Crippen molar-refractivity contribution in [2.75, 3.05) is 13.7 Å². The fourth-order valence-electron chi connectivity index (χ4n) is 2.89. The van der Waals surface area contributed by atoms with Crippen LogP contribution in [0.2, 0.25) is 0 Å². The largest absolute Gasteiger partial charge is 0.467 e. The second-order valence-corrected chi connectivity index (χ2v) is 6.36. The SMILES string of the molecule is COC(=O)[C@@H](Cc1ccccc1)NC(=O)COC(=O)c1n[nH]c(=O)c2ccccc12. The maximum absolute atomic E-state index is 12.4. The summed E-state index contributed by atoms with van der Waals surface area (Å²) in [6.07, 6.45) is 0.222. The molecule has 9 heteroatoms. The molecule has 0 spiro atoms. The van der Waals surface area contributed by atoms with Gasteiger partial charge in [0.2, 0.25) is 0 Å². The van der Waals surface area contributed by atoms with Crippen molar-refractivity contribution in [3.05, 3.63) is 76.2 Å². The molecule has 0 aliphatic rings. The van der Waals surface area contributed by atoms with Gasteiger partial charge in [0.15, 0.2) is 12.3 Å². The highest BCUT2D eigenvalue weighted by Crippen LogP contribution is 2.13. The molecule has 0 bridgehead atoms. The minimum Gasteiger partial charge on any atom is -0.467 e. The third kappa shape index (κ3) is 4.88. The van der Waals surface area contributed by atoms with Gasteiger partial charge in [-0.2, -0.15) is 5.10 Å². The van der Waals surface area contributed by atoms with Gasteiger partial charge in [0, 0.05) is 11.8 Å². The van der Waals surface area contributed by atoms with Crippen LogP contribution in [0.3, 0.4) is 0 Å². The van der Waals surface area contributed by atoms with Gasteiger partial charge in [0.1, 0.15) is 6.04 Å². The number of aromatic amines is 1. The molecule has 1 atom stereocenters. The first-order valence-electron chi connectivity index (χ1n) is 9.05. The first-order chi connectivity index (χ1) is 14.5. The van der Waals surface area contributed by atoms with E-state index in [-0.39, 0.29) is 17.5 Å². The molecule has 0 aliphatic heterocycles. The van der Waals surface area contributed by atoms with Crippen molar-refractivity contribution in [1.82, 2.24) is 15.5 Å². The Morgan fingerprint density at radius 3 is 2.40 bits per heavy atom. The molecule has 0 saturated heterocycles. The van der Waals surface area contributed by atoms with Crippen LogP contribution in [-0.2, 0) is 25.5 Å². The Hall–Kier alpha value is -4.01. The predicted molar refractivity (Wildman–Crippen MR) is 107 cm³/mol. The van der Waals surface area contributed by atoms with Crippen molar-refractivity contribution >= 4 is 28.6 Å². The Morgan fingerprint density at radius 2 is 1.70 bits per heavy atom. The highest BCUT2D eigenvalue weighted by molar-refractivity contribution is 6.02. The summed E-state index contributed by atoms with van der Waals surface area (Å²) in [5, 5.41) is 9.03. The molecule has 3 rings (SSSR count). The van der Waals surface area contributed by atoms with Gasteiger partial charge in [0.25, 0.3) is 11.5 Å². The normalized spacial score (nSPS) is 11.5. The van der Waals surface area contributed by atoms with Crippen molar-refractivity contribution < 1.29 is 23.9 Å². The lowest BCUT2D eigenvalue weighted by molar-refractivity contribution is -0.145. The van der Waals surface area contributed by atoms with E-state index in [4.69, 9.17) is 9.47 Å². The number of ether oxygens (including phenoxy) is 2. The Bertz CT molecular complexity index is 1130. The Labute approximate surface area is 171 Å². The lowest BCUT2D eigenvalue weighted by atomic mass is 10.1. The van der Waals surface area contributed by atoms with E-state index >= 15 is 0 Å². The van der Waals surface area contributed by atoms with Gasteiger partial charge in [-0.15, -0.1) is 0 Å². The molecule has 1 heterocycles. The van der Waals surface area contributed by atoms with Crippen LogP contribution in [-0.4, -0.2) is 47.8 Å². The fraction of sp³-hybridized carbons (Fsp3) is 0.190. The van der Waals surface area contributed by atoms with Crippen LogP contribution in [0.15, 0.2) is 59.4 Å². The number of amides is 1. The summed E-state index contributed by atoms with van der Waals surface area (Å²) in [5.41, 5.74) is 0.266. The summed E-state index contributed by atoms with van der Waals surface area (Å²) in [6, 6.07) is 14.6. The maximum atomic E-state index is 12.4. The molecule has 2 N–H and O–H groups in total. The van der Waals surface area contributed by atoms with Crippen LogP contribution < -0.4 is 10.9 Å². The number of esters is 2. The molecule has 1 aromatic heterocycles. The summed E-state index contributed by atoms with van der Waals surface area (Å²) >= 11 is 0. The number of nitrogens with one attached hydrogen (secondary N) is 2. The van der Waals surface area contributed by atoms with E-state index in [2.05, 4.69) is 15.5 Å². The molecular weight excluding hydrogens is 390 g/mol. The lowest BCUT2D eigenvalue weighted by Crippen LogP contribution is -2.44. The molecule has 0 unspecified atom stereocenters. The highest BCUT2D eigenvalue weighted by Gasteiger charge is 2.23. The van der Waals surface area contributed by atoms with Gasteiger partial charge in [-0.05, 0) is 11.6 Å². The van der Waals surface area contributed by atoms with Gasteiger partial charge in [-0.3, -0.25) is 9.59 Å². The number of hydrogen-bond acceptors (Lipinski definition) is 7. The Morgan fingerprint density at radius 1 is 1.03 bits per heavy atom. The average molecular weight is 409 g/mol. The summed E-state index contributed by atoms with van der Waals surface area (Å²) in [7, 11) is 1.22. The zero-order valence-electron chi connectivity index (χ0n) is 16.1. The monoisotopic (exact) mass is 409 g/mol. The second kappa shape index (κ2) is 9.46. The maximum Gasteiger partial charge on any atom is 0.359 e. The minimum atomic E-state index is -0.935. The molecule has 0 saturated carbocycles. The van der Waals surface area contributed by atoms with Gasteiger partial charge in [-0.1, -0.05) is 48.5 Å². The van der Waals surface area contributed by atoms with Gasteiger partial charge < -0.3 is 14.8 Å². The molecule has 154 valence electrons. The third-order valence-corrected chi connectivity index (χ3v) is 4.33. The number of carbonyl (C=O) groups is 3. The minimum absolute atomic E-state index is 0.119. The number of carbonyl (C=O) groups excluding carboxylic acids is 3. The van der Waals surface area contributed by atoms with Crippen LogP contribution in [0.1, 0.15) is 16.1 Å². The van der Waals surface area contributed by atoms with Crippen molar-refractivity contribution in [1.29, 1.82) is 0 Å². The van der Waals surface area contributed by atoms with Crippen LogP contribution in [0.4, 0.5) is 0 Å². The van der Waals surface area contributed by atoms with Gasteiger partial charge in [-0.25, -0.2) is 14.7 Å². The quantitative estimate of drug-likeness (QED) is 0.557. The standard InChI is InChI=1S/C21H19N3O6/c1-29-20(27)16(11-13-7-3-2-4-8-13)22-17(25)12-30-21(28)18-14-9-5-6-10-15(14)19(26)24-23-18/h2-10,16H,11-12H2,1H3,(H,22,25)(H,24,26)/t16-/m1/s1. The topological polar surface area (TPSA) is 127 Å². The van der Waals surface area contributed by atoms with E-state index < -0.39 is 36.1 Å². The van der Waals surface area contributed by atoms with Crippen molar-refractivity contribution in [3.63, 3.8) is 0 Å². The highest BCUT2D eigenvalue weighted by atomic mass is 16.5. The molecule has 3 aromatic rings. The number of nitrogens with zero attached hydrogens (tertiary/aromatic N) is 1. The van der Waals surface area contributed by atoms with E-state index in [0.717, 1.165) is 5.56 Å². The van der Waals surface area contributed by atoms with Crippen LogP contribution >= 0.6 is 0 Å².